The number of aromatic nitrogens is 1. The smallest absolute Gasteiger partial charge is 0.212 e. The third-order valence-electron chi connectivity index (χ3n) is 5.09. The molecule has 6 nitrogen and oxygen atoms in total. The quantitative estimate of drug-likeness (QED) is 0.514. The van der Waals surface area contributed by atoms with Crippen LogP contribution in [0.2, 0.25) is 0 Å². The summed E-state index contributed by atoms with van der Waals surface area (Å²) in [6, 6.07) is 12.0. The minimum atomic E-state index is -0.931. The summed E-state index contributed by atoms with van der Waals surface area (Å²) in [7, 11) is 0. The molecule has 4 rings (SSSR count). The molecule has 0 aliphatic carbocycles. The van der Waals surface area contributed by atoms with Crippen LogP contribution in [0.15, 0.2) is 42.5 Å². The van der Waals surface area contributed by atoms with Gasteiger partial charge in [-0.3, -0.25) is 4.79 Å². The first-order chi connectivity index (χ1) is 14.8. The molecule has 4 N–H and O–H groups in total. The van der Waals surface area contributed by atoms with Crippen LogP contribution >= 0.6 is 11.3 Å². The molecule has 1 aliphatic heterocycles. The number of anilines is 4. The molecule has 1 aromatic heterocycles. The van der Waals surface area contributed by atoms with Crippen LogP contribution in [0.25, 0.3) is 0 Å². The maximum Gasteiger partial charge on any atom is 0.212 e. The van der Waals surface area contributed by atoms with Crippen LogP contribution in [-0.2, 0) is 0 Å². The Morgan fingerprint density at radius 1 is 1.13 bits per heavy atom. The van der Waals surface area contributed by atoms with E-state index in [-0.39, 0.29) is 10.7 Å². The van der Waals surface area contributed by atoms with Gasteiger partial charge >= 0.3 is 0 Å². The maximum atomic E-state index is 14.0. The summed E-state index contributed by atoms with van der Waals surface area (Å²) in [5.41, 5.74) is 7.12. The van der Waals surface area contributed by atoms with Gasteiger partial charge in [-0.05, 0) is 50.2 Å². The Labute approximate surface area is 183 Å². The number of thiazole rings is 1. The average molecular weight is 444 g/mol. The van der Waals surface area contributed by atoms with Crippen LogP contribution in [0.5, 0.6) is 0 Å². The Balaban J connectivity index is 1.50. The lowest BCUT2D eigenvalue weighted by atomic mass is 10.1. The zero-order chi connectivity index (χ0) is 22.1. The predicted molar refractivity (Wildman–Crippen MR) is 120 cm³/mol. The van der Waals surface area contributed by atoms with Crippen LogP contribution in [-0.4, -0.2) is 35.9 Å². The molecule has 2 heterocycles. The molecular formula is C22H23F2N5OS. The number of halogens is 2. The first kappa shape index (κ1) is 21.2. The van der Waals surface area contributed by atoms with Crippen LogP contribution in [0.4, 0.5) is 31.1 Å². The Hall–Kier alpha value is -3.04. The van der Waals surface area contributed by atoms with Gasteiger partial charge in [-0.25, -0.2) is 13.8 Å². The van der Waals surface area contributed by atoms with Gasteiger partial charge in [0.1, 0.15) is 22.3 Å². The average Bonchev–Trinajstić information content (AvgIpc) is 3.07. The van der Waals surface area contributed by atoms with E-state index in [0.29, 0.717) is 17.2 Å². The van der Waals surface area contributed by atoms with Gasteiger partial charge in [-0.15, -0.1) is 0 Å². The molecule has 3 aromatic rings. The van der Waals surface area contributed by atoms with Crippen LogP contribution in [0, 0.1) is 11.6 Å². The molecular weight excluding hydrogens is 420 g/mol. The van der Waals surface area contributed by atoms with Gasteiger partial charge in [0.2, 0.25) is 5.78 Å². The zero-order valence-electron chi connectivity index (χ0n) is 17.2. The summed E-state index contributed by atoms with van der Waals surface area (Å²) in [6.07, 6.45) is 0. The zero-order valence-corrected chi connectivity index (χ0v) is 18.0. The van der Waals surface area contributed by atoms with Crippen LogP contribution < -0.4 is 21.3 Å². The maximum absolute atomic E-state index is 14.0. The number of carbonyl (C=O) groups is 1. The van der Waals surface area contributed by atoms with Gasteiger partial charge in [0, 0.05) is 36.5 Å². The number of hydrogen-bond acceptors (Lipinski definition) is 7. The second kappa shape index (κ2) is 8.60. The molecule has 1 fully saturated rings. The Morgan fingerprint density at radius 2 is 1.74 bits per heavy atom. The van der Waals surface area contributed by atoms with Gasteiger partial charge in [0.25, 0.3) is 0 Å². The number of hydrogen-bond donors (Lipinski definition) is 3. The minimum Gasteiger partial charge on any atom is -0.382 e. The highest BCUT2D eigenvalue weighted by atomic mass is 32.1. The first-order valence-electron chi connectivity index (χ1n) is 9.95. The number of nitrogens with one attached hydrogen (secondary N) is 2. The van der Waals surface area contributed by atoms with E-state index in [2.05, 4.69) is 34.4 Å². The second-order valence-electron chi connectivity index (χ2n) is 7.70. The highest BCUT2D eigenvalue weighted by Crippen LogP contribution is 2.31. The molecule has 2 atom stereocenters. The van der Waals surface area contributed by atoms with Gasteiger partial charge in [-0.1, -0.05) is 17.4 Å². The van der Waals surface area contributed by atoms with Gasteiger partial charge in [0.15, 0.2) is 5.13 Å². The second-order valence-corrected chi connectivity index (χ2v) is 8.70. The topological polar surface area (TPSA) is 83.3 Å². The van der Waals surface area contributed by atoms with E-state index >= 15 is 0 Å². The van der Waals surface area contributed by atoms with E-state index in [1.54, 1.807) is 0 Å². The van der Waals surface area contributed by atoms with E-state index in [9.17, 15) is 13.6 Å². The monoisotopic (exact) mass is 443 g/mol. The van der Waals surface area contributed by atoms with Crippen LogP contribution in [0.1, 0.15) is 29.1 Å². The molecule has 0 bridgehead atoms. The predicted octanol–water partition coefficient (Wildman–Crippen LogP) is 4.16. The Bertz CT molecular complexity index is 1070. The molecule has 1 aliphatic rings. The van der Waals surface area contributed by atoms with Crippen LogP contribution in [0.3, 0.4) is 0 Å². The van der Waals surface area contributed by atoms with E-state index in [1.807, 2.05) is 24.3 Å². The number of nitrogens with two attached hydrogens (primary N) is 1. The molecule has 0 amide bonds. The Kier molecular flexibility index (Phi) is 5.88. The van der Waals surface area contributed by atoms with Crippen molar-refractivity contribution >= 4 is 39.4 Å². The van der Waals surface area contributed by atoms with Gasteiger partial charge in [0.05, 0.1) is 5.56 Å². The van der Waals surface area contributed by atoms with Crippen molar-refractivity contribution in [2.24, 2.45) is 0 Å². The number of nitrogen functional groups attached to an aromatic ring is 1. The van der Waals surface area contributed by atoms with E-state index in [4.69, 9.17) is 5.73 Å². The van der Waals surface area contributed by atoms with Crippen molar-refractivity contribution in [1.29, 1.82) is 0 Å². The highest BCUT2D eigenvalue weighted by molar-refractivity contribution is 7.18. The number of carbonyl (C=O) groups excluding carboxylic acids is 1. The first-order valence-corrected chi connectivity index (χ1v) is 10.8. The lowest BCUT2D eigenvalue weighted by Crippen LogP contribution is -2.54. The van der Waals surface area contributed by atoms with E-state index in [0.717, 1.165) is 47.9 Å². The lowest BCUT2D eigenvalue weighted by Gasteiger charge is -2.37. The van der Waals surface area contributed by atoms with Crippen molar-refractivity contribution in [1.82, 2.24) is 10.3 Å². The number of ketones is 1. The Morgan fingerprint density at radius 3 is 2.35 bits per heavy atom. The SMILES string of the molecule is CC1CN(c2ccc(Nc3nc(N)c(C(=O)c4c(F)cccc4F)s3)cc2)CC(C)N1. The summed E-state index contributed by atoms with van der Waals surface area (Å²) in [4.78, 5) is 19.1. The summed E-state index contributed by atoms with van der Waals surface area (Å²) >= 11 is 0.959. The van der Waals surface area contributed by atoms with Crippen molar-refractivity contribution in [2.75, 3.05) is 29.0 Å². The molecule has 0 radical (unpaired) electrons. The summed E-state index contributed by atoms with van der Waals surface area (Å²) in [6.45, 7) is 6.19. The van der Waals surface area contributed by atoms with Gasteiger partial charge < -0.3 is 21.3 Å². The molecule has 0 spiro atoms. The van der Waals surface area contributed by atoms with Crippen molar-refractivity contribution in [3.63, 3.8) is 0 Å². The number of benzene rings is 2. The minimum absolute atomic E-state index is 0.00749. The largest absolute Gasteiger partial charge is 0.382 e. The van der Waals surface area contributed by atoms with E-state index < -0.39 is 23.0 Å². The standard InChI is InChI=1S/C22H23F2N5OS/c1-12-10-29(11-13(2)26-12)15-8-6-14(7-9-15)27-22-28-21(25)20(31-22)19(30)18-16(23)4-3-5-17(18)24/h3-9,12-13,26H,10-11,25H2,1-2H3,(H,27,28). The molecule has 31 heavy (non-hydrogen) atoms. The molecule has 2 aromatic carbocycles. The highest BCUT2D eigenvalue weighted by Gasteiger charge is 2.24. The number of rotatable bonds is 5. The summed E-state index contributed by atoms with van der Waals surface area (Å²) in [5.74, 6) is -2.75. The third-order valence-corrected chi connectivity index (χ3v) is 6.08. The third kappa shape index (κ3) is 4.52. The molecule has 2 unspecified atom stereocenters. The van der Waals surface area contributed by atoms with Crippen molar-refractivity contribution in [3.8, 4) is 0 Å². The molecule has 162 valence electrons. The van der Waals surface area contributed by atoms with Crippen molar-refractivity contribution < 1.29 is 13.6 Å². The van der Waals surface area contributed by atoms with Gasteiger partial charge in [-0.2, -0.15) is 0 Å². The molecule has 9 heteroatoms. The normalized spacial score (nSPS) is 18.8. The fourth-order valence-corrected chi connectivity index (χ4v) is 4.64. The van der Waals surface area contributed by atoms with Crippen molar-refractivity contribution in [2.45, 2.75) is 25.9 Å². The fourth-order valence-electron chi connectivity index (χ4n) is 3.79. The molecule has 1 saturated heterocycles. The lowest BCUT2D eigenvalue weighted by molar-refractivity contribution is 0.103. The summed E-state index contributed by atoms with van der Waals surface area (Å²) in [5, 5.41) is 6.99. The van der Waals surface area contributed by atoms with E-state index in [1.165, 1.54) is 6.07 Å². The number of piperazine rings is 1. The number of nitrogens with zero attached hydrogens (tertiary/aromatic N) is 2. The summed E-state index contributed by atoms with van der Waals surface area (Å²) < 4.78 is 27.9. The fraction of sp³-hybridized carbons (Fsp3) is 0.273. The molecule has 0 saturated carbocycles. The van der Waals surface area contributed by atoms with Crippen molar-refractivity contribution in [3.05, 3.63) is 64.5 Å².